The van der Waals surface area contributed by atoms with E-state index in [4.69, 9.17) is 10.5 Å². The second kappa shape index (κ2) is 6.86. The quantitative estimate of drug-likeness (QED) is 0.802. The highest BCUT2D eigenvalue weighted by atomic mass is 32.2. The van der Waals surface area contributed by atoms with Gasteiger partial charge in [0.05, 0.1) is 0 Å². The van der Waals surface area contributed by atoms with Crippen molar-refractivity contribution < 1.29 is 14.6 Å². The van der Waals surface area contributed by atoms with Crippen LogP contribution < -0.4 is 10.5 Å². The number of hydrogen-bond donors (Lipinski definition) is 2. The summed E-state index contributed by atoms with van der Waals surface area (Å²) < 4.78 is 5.26. The SMILES string of the molecule is NC(=O)COc1cccc(CSc2ccc(O)cc2)c1. The summed E-state index contributed by atoms with van der Waals surface area (Å²) in [7, 11) is 0. The van der Waals surface area contributed by atoms with Crippen molar-refractivity contribution in [2.24, 2.45) is 5.73 Å². The number of amides is 1. The van der Waals surface area contributed by atoms with Gasteiger partial charge in [-0.15, -0.1) is 11.8 Å². The van der Waals surface area contributed by atoms with Crippen LogP contribution in [0.4, 0.5) is 0 Å². The summed E-state index contributed by atoms with van der Waals surface area (Å²) in [6.07, 6.45) is 0. The first-order valence-corrected chi connectivity index (χ1v) is 7.04. The molecule has 0 aromatic heterocycles. The van der Waals surface area contributed by atoms with Crippen LogP contribution in [-0.2, 0) is 10.5 Å². The van der Waals surface area contributed by atoms with Crippen molar-refractivity contribution in [1.29, 1.82) is 0 Å². The van der Waals surface area contributed by atoms with Crippen molar-refractivity contribution in [1.82, 2.24) is 0 Å². The number of carbonyl (C=O) groups excluding carboxylic acids is 1. The Hall–Kier alpha value is -2.14. The van der Waals surface area contributed by atoms with Gasteiger partial charge >= 0.3 is 0 Å². The fraction of sp³-hybridized carbons (Fsp3) is 0.133. The summed E-state index contributed by atoms with van der Waals surface area (Å²) in [5, 5.41) is 9.22. The Labute approximate surface area is 121 Å². The summed E-state index contributed by atoms with van der Waals surface area (Å²) in [5.41, 5.74) is 6.12. The minimum atomic E-state index is -0.492. The lowest BCUT2D eigenvalue weighted by atomic mass is 10.2. The molecule has 0 radical (unpaired) electrons. The van der Waals surface area contributed by atoms with Crippen LogP contribution in [0.2, 0.25) is 0 Å². The van der Waals surface area contributed by atoms with Crippen LogP contribution in [0.1, 0.15) is 5.56 Å². The summed E-state index contributed by atoms with van der Waals surface area (Å²) in [4.78, 5) is 11.7. The Bertz CT molecular complexity index is 584. The van der Waals surface area contributed by atoms with Gasteiger partial charge in [0.2, 0.25) is 0 Å². The van der Waals surface area contributed by atoms with Crippen LogP contribution in [-0.4, -0.2) is 17.6 Å². The van der Waals surface area contributed by atoms with Crippen LogP contribution in [0.3, 0.4) is 0 Å². The molecule has 0 unspecified atom stereocenters. The lowest BCUT2D eigenvalue weighted by Gasteiger charge is -2.06. The third kappa shape index (κ3) is 4.51. The number of phenolic OH excluding ortho intramolecular Hbond substituents is 1. The number of carbonyl (C=O) groups is 1. The second-order valence-electron chi connectivity index (χ2n) is 4.18. The molecule has 2 aromatic carbocycles. The lowest BCUT2D eigenvalue weighted by Crippen LogP contribution is -2.20. The first-order valence-electron chi connectivity index (χ1n) is 6.05. The van der Waals surface area contributed by atoms with E-state index in [9.17, 15) is 9.90 Å². The molecule has 0 atom stereocenters. The minimum Gasteiger partial charge on any atom is -0.508 e. The molecule has 2 rings (SSSR count). The number of thioether (sulfide) groups is 1. The fourth-order valence-corrected chi connectivity index (χ4v) is 2.43. The van der Waals surface area contributed by atoms with E-state index in [2.05, 4.69) is 0 Å². The zero-order valence-corrected chi connectivity index (χ0v) is 11.6. The number of benzene rings is 2. The van der Waals surface area contributed by atoms with E-state index in [1.165, 1.54) is 0 Å². The van der Waals surface area contributed by atoms with Gasteiger partial charge in [-0.2, -0.15) is 0 Å². The topological polar surface area (TPSA) is 72.6 Å². The van der Waals surface area contributed by atoms with Crippen LogP contribution in [0.25, 0.3) is 0 Å². The Morgan fingerprint density at radius 2 is 1.95 bits per heavy atom. The molecule has 0 saturated carbocycles. The van der Waals surface area contributed by atoms with Gasteiger partial charge in [-0.1, -0.05) is 12.1 Å². The predicted molar refractivity (Wildman–Crippen MR) is 78.8 cm³/mol. The van der Waals surface area contributed by atoms with Crippen LogP contribution in [0.5, 0.6) is 11.5 Å². The maximum atomic E-state index is 10.7. The van der Waals surface area contributed by atoms with Gasteiger partial charge in [-0.05, 0) is 42.0 Å². The number of nitrogens with two attached hydrogens (primary N) is 1. The van der Waals surface area contributed by atoms with Gasteiger partial charge < -0.3 is 15.6 Å². The number of rotatable bonds is 6. The smallest absolute Gasteiger partial charge is 0.255 e. The molecule has 0 fully saturated rings. The Balaban J connectivity index is 1.94. The molecule has 104 valence electrons. The Kier molecular flexibility index (Phi) is 4.90. The summed E-state index contributed by atoms with van der Waals surface area (Å²) in [6.45, 7) is -0.117. The molecule has 0 saturated heterocycles. The van der Waals surface area contributed by atoms with Crippen LogP contribution in [0.15, 0.2) is 53.4 Å². The van der Waals surface area contributed by atoms with Gasteiger partial charge in [-0.25, -0.2) is 0 Å². The van der Waals surface area contributed by atoms with E-state index in [1.807, 2.05) is 30.3 Å². The average molecular weight is 289 g/mol. The highest BCUT2D eigenvalue weighted by Crippen LogP contribution is 2.25. The van der Waals surface area contributed by atoms with Gasteiger partial charge in [0.25, 0.3) is 5.91 Å². The van der Waals surface area contributed by atoms with Crippen molar-refractivity contribution in [2.75, 3.05) is 6.61 Å². The largest absolute Gasteiger partial charge is 0.508 e. The first kappa shape index (κ1) is 14.3. The van der Waals surface area contributed by atoms with Gasteiger partial charge in [0.15, 0.2) is 6.61 Å². The van der Waals surface area contributed by atoms with E-state index >= 15 is 0 Å². The fourth-order valence-electron chi connectivity index (χ4n) is 1.59. The molecule has 0 spiro atoms. The number of aromatic hydroxyl groups is 1. The molecule has 2 aromatic rings. The molecule has 0 aliphatic carbocycles. The number of primary amides is 1. The monoisotopic (exact) mass is 289 g/mol. The number of hydrogen-bond acceptors (Lipinski definition) is 4. The second-order valence-corrected chi connectivity index (χ2v) is 5.23. The predicted octanol–water partition coefficient (Wildman–Crippen LogP) is 2.55. The third-order valence-electron chi connectivity index (χ3n) is 2.52. The summed E-state index contributed by atoms with van der Waals surface area (Å²) in [6, 6.07) is 14.6. The molecule has 5 heteroatoms. The van der Waals surface area contributed by atoms with E-state index in [0.29, 0.717) is 5.75 Å². The van der Waals surface area contributed by atoms with Crippen molar-refractivity contribution >= 4 is 17.7 Å². The molecule has 3 N–H and O–H groups in total. The molecule has 1 amide bonds. The van der Waals surface area contributed by atoms with Gasteiger partial charge in [0, 0.05) is 10.6 Å². The van der Waals surface area contributed by atoms with Crippen molar-refractivity contribution in [3.05, 3.63) is 54.1 Å². The molecule has 0 heterocycles. The zero-order valence-electron chi connectivity index (χ0n) is 10.8. The molecule has 0 aliphatic heterocycles. The van der Waals surface area contributed by atoms with Crippen molar-refractivity contribution in [2.45, 2.75) is 10.6 Å². The third-order valence-corrected chi connectivity index (χ3v) is 3.60. The molecule has 4 nitrogen and oxygen atoms in total. The average Bonchev–Trinajstić information content (AvgIpc) is 2.45. The van der Waals surface area contributed by atoms with E-state index in [1.54, 1.807) is 30.0 Å². The molecule has 20 heavy (non-hydrogen) atoms. The zero-order chi connectivity index (χ0) is 14.4. The molecular weight excluding hydrogens is 274 g/mol. The highest BCUT2D eigenvalue weighted by molar-refractivity contribution is 7.98. The maximum Gasteiger partial charge on any atom is 0.255 e. The lowest BCUT2D eigenvalue weighted by molar-refractivity contribution is -0.119. The van der Waals surface area contributed by atoms with Crippen molar-refractivity contribution in [3.8, 4) is 11.5 Å². The number of ether oxygens (including phenoxy) is 1. The standard InChI is InChI=1S/C15H15NO3S/c16-15(18)9-19-13-3-1-2-11(8-13)10-20-14-6-4-12(17)5-7-14/h1-8,17H,9-10H2,(H2,16,18). The Morgan fingerprint density at radius 1 is 1.20 bits per heavy atom. The highest BCUT2D eigenvalue weighted by Gasteiger charge is 2.01. The molecule has 0 aliphatic rings. The van der Waals surface area contributed by atoms with E-state index < -0.39 is 5.91 Å². The first-order chi connectivity index (χ1) is 9.63. The van der Waals surface area contributed by atoms with Gasteiger partial charge in [0.1, 0.15) is 11.5 Å². The summed E-state index contributed by atoms with van der Waals surface area (Å²) >= 11 is 1.66. The Morgan fingerprint density at radius 3 is 2.65 bits per heavy atom. The van der Waals surface area contributed by atoms with E-state index in [0.717, 1.165) is 16.2 Å². The van der Waals surface area contributed by atoms with Crippen LogP contribution in [0, 0.1) is 0 Å². The normalized spacial score (nSPS) is 10.2. The molecular formula is C15H15NO3S. The van der Waals surface area contributed by atoms with E-state index in [-0.39, 0.29) is 12.4 Å². The number of phenols is 1. The maximum absolute atomic E-state index is 10.7. The minimum absolute atomic E-state index is 0.117. The van der Waals surface area contributed by atoms with Crippen LogP contribution >= 0.6 is 11.8 Å². The molecule has 0 bridgehead atoms. The van der Waals surface area contributed by atoms with Gasteiger partial charge in [-0.3, -0.25) is 4.79 Å². The summed E-state index contributed by atoms with van der Waals surface area (Å²) in [5.74, 6) is 1.18. The van der Waals surface area contributed by atoms with Crippen molar-refractivity contribution in [3.63, 3.8) is 0 Å².